The summed E-state index contributed by atoms with van der Waals surface area (Å²) < 4.78 is 0. The normalized spacial score (nSPS) is 14.4. The average molecular weight is 389 g/mol. The maximum Gasteiger partial charge on any atom is 0.0936 e. The lowest BCUT2D eigenvalue weighted by molar-refractivity contribution is 0.0657. The molecule has 0 unspecified atom stereocenters. The highest BCUT2D eigenvalue weighted by Crippen LogP contribution is 2.13. The van der Waals surface area contributed by atoms with Crippen molar-refractivity contribution in [3.8, 4) is 0 Å². The summed E-state index contributed by atoms with van der Waals surface area (Å²) in [5.41, 5.74) is 11.7. The topological polar surface area (TPSA) is 92.5 Å². The number of rotatable bonds is 16. The molecule has 24 heavy (non-hydrogen) atoms. The summed E-state index contributed by atoms with van der Waals surface area (Å²) in [5.74, 6) is 0. The van der Waals surface area contributed by atoms with Crippen molar-refractivity contribution in [3.05, 3.63) is 0 Å². The van der Waals surface area contributed by atoms with Crippen LogP contribution in [0.4, 0.5) is 0 Å². The van der Waals surface area contributed by atoms with Gasteiger partial charge in [-0.05, 0) is 6.42 Å². The van der Waals surface area contributed by atoms with E-state index in [4.69, 9.17) is 16.6 Å². The van der Waals surface area contributed by atoms with Crippen molar-refractivity contribution in [2.45, 2.75) is 109 Å². The quantitative estimate of drug-likeness (QED) is 0.301. The number of hydrogen-bond donors (Lipinski definition) is 4. The monoisotopic (exact) mass is 388 g/mol. The summed E-state index contributed by atoms with van der Waals surface area (Å²) in [6, 6.07) is -0.733. The Bertz CT molecular complexity index is 237. The zero-order valence-corrected chi connectivity index (χ0v) is 17.1. The fourth-order valence-corrected chi connectivity index (χ4v) is 2.82. The van der Waals surface area contributed by atoms with Crippen LogP contribution in [0, 0.1) is 0 Å². The van der Waals surface area contributed by atoms with Gasteiger partial charge < -0.3 is 21.7 Å². The van der Waals surface area contributed by atoms with E-state index in [9.17, 15) is 5.11 Å². The van der Waals surface area contributed by atoms with Gasteiger partial charge in [0.1, 0.15) is 0 Å². The first-order chi connectivity index (χ1) is 10.6. The molecule has 0 radical (unpaired) electrons. The number of aliphatic hydroxyl groups excluding tert-OH is 2. The fourth-order valence-electron chi connectivity index (χ4n) is 2.82. The van der Waals surface area contributed by atoms with Gasteiger partial charge in [0.2, 0.25) is 0 Å². The Morgan fingerprint density at radius 1 is 0.708 bits per heavy atom. The molecule has 0 rings (SSSR count). The molecule has 6 heteroatoms. The minimum absolute atomic E-state index is 0. The Morgan fingerprint density at radius 2 is 1.08 bits per heavy atom. The number of hydrogen-bond acceptors (Lipinski definition) is 4. The second-order valence-electron chi connectivity index (χ2n) is 6.67. The molecular weight excluding hydrogens is 347 g/mol. The predicted octanol–water partition coefficient (Wildman–Crippen LogP) is 3.93. The molecule has 3 atom stereocenters. The molecule has 0 aliphatic carbocycles. The molecular formula is C18H42Cl2N2O2. The van der Waals surface area contributed by atoms with Crippen LogP contribution in [0.3, 0.4) is 0 Å². The van der Waals surface area contributed by atoms with Crippen molar-refractivity contribution >= 4 is 24.8 Å². The molecule has 0 spiro atoms. The van der Waals surface area contributed by atoms with Crippen LogP contribution in [-0.4, -0.2) is 35.0 Å². The summed E-state index contributed by atoms with van der Waals surface area (Å²) in [6.07, 6.45) is 15.8. The molecule has 4 nitrogen and oxygen atoms in total. The van der Waals surface area contributed by atoms with Gasteiger partial charge in [-0.25, -0.2) is 0 Å². The van der Waals surface area contributed by atoms with Crippen LogP contribution in [0.15, 0.2) is 0 Å². The summed E-state index contributed by atoms with van der Waals surface area (Å²) in [4.78, 5) is 0. The molecule has 0 aromatic heterocycles. The molecule has 6 N–H and O–H groups in total. The van der Waals surface area contributed by atoms with Gasteiger partial charge in [-0.1, -0.05) is 84.0 Å². The van der Waals surface area contributed by atoms with E-state index in [2.05, 4.69) is 6.92 Å². The second-order valence-corrected chi connectivity index (χ2v) is 6.67. The van der Waals surface area contributed by atoms with E-state index in [1.807, 2.05) is 0 Å². The second kappa shape index (κ2) is 21.5. The molecule has 0 aromatic carbocycles. The number of unbranched alkanes of at least 4 members (excludes halogenated alkanes) is 11. The molecule has 0 aromatic rings. The largest absolute Gasteiger partial charge is 0.394 e. The van der Waals surface area contributed by atoms with E-state index in [1.54, 1.807) is 0 Å². The van der Waals surface area contributed by atoms with Crippen LogP contribution in [0.25, 0.3) is 0 Å². The van der Waals surface area contributed by atoms with E-state index in [0.29, 0.717) is 0 Å². The molecule has 0 saturated heterocycles. The molecule has 0 amide bonds. The van der Waals surface area contributed by atoms with Gasteiger partial charge in [0.05, 0.1) is 12.7 Å². The zero-order valence-electron chi connectivity index (χ0n) is 15.5. The van der Waals surface area contributed by atoms with Crippen LogP contribution in [0.5, 0.6) is 0 Å². The highest BCUT2D eigenvalue weighted by molar-refractivity contribution is 5.85. The van der Waals surface area contributed by atoms with Crippen LogP contribution in [-0.2, 0) is 0 Å². The van der Waals surface area contributed by atoms with Crippen LogP contribution in [0.1, 0.15) is 90.4 Å². The Morgan fingerprint density at radius 3 is 1.46 bits per heavy atom. The van der Waals surface area contributed by atoms with E-state index in [0.717, 1.165) is 12.8 Å². The highest BCUT2D eigenvalue weighted by atomic mass is 35.5. The van der Waals surface area contributed by atoms with Gasteiger partial charge in [-0.3, -0.25) is 0 Å². The average Bonchev–Trinajstić information content (AvgIpc) is 2.54. The smallest absolute Gasteiger partial charge is 0.0936 e. The lowest BCUT2D eigenvalue weighted by Crippen LogP contribution is -2.50. The fraction of sp³-hybridized carbons (Fsp3) is 1.00. The predicted molar refractivity (Wildman–Crippen MR) is 109 cm³/mol. The Kier molecular flexibility index (Phi) is 26.1. The van der Waals surface area contributed by atoms with E-state index in [1.165, 1.54) is 70.6 Å². The van der Waals surface area contributed by atoms with Crippen molar-refractivity contribution in [3.63, 3.8) is 0 Å². The Balaban J connectivity index is -0.00000220. The molecule has 0 aliphatic rings. The number of halogens is 2. The van der Waals surface area contributed by atoms with Crippen LogP contribution in [0.2, 0.25) is 0 Å². The molecule has 0 saturated carbocycles. The van der Waals surface area contributed by atoms with Crippen LogP contribution >= 0.6 is 24.8 Å². The van der Waals surface area contributed by atoms with E-state index >= 15 is 0 Å². The molecule has 0 fully saturated rings. The van der Waals surface area contributed by atoms with E-state index in [-0.39, 0.29) is 37.5 Å². The third-order valence-corrected chi connectivity index (χ3v) is 4.52. The summed E-state index contributed by atoms with van der Waals surface area (Å²) in [7, 11) is 0. The van der Waals surface area contributed by atoms with Crippen LogP contribution < -0.4 is 11.5 Å². The van der Waals surface area contributed by atoms with Gasteiger partial charge in [0.15, 0.2) is 0 Å². The minimum Gasteiger partial charge on any atom is -0.394 e. The van der Waals surface area contributed by atoms with Gasteiger partial charge >= 0.3 is 0 Å². The number of nitrogens with two attached hydrogens (primary N) is 2. The Hall–Kier alpha value is 0.420. The van der Waals surface area contributed by atoms with Gasteiger partial charge in [-0.15, -0.1) is 24.8 Å². The van der Waals surface area contributed by atoms with Crippen molar-refractivity contribution < 1.29 is 10.2 Å². The zero-order chi connectivity index (χ0) is 16.6. The lowest BCUT2D eigenvalue weighted by Gasteiger charge is -2.23. The molecule has 0 heterocycles. The molecule has 150 valence electrons. The first-order valence-electron chi connectivity index (χ1n) is 9.43. The lowest BCUT2D eigenvalue weighted by atomic mass is 9.98. The number of aliphatic hydroxyl groups is 2. The first-order valence-corrected chi connectivity index (χ1v) is 9.43. The van der Waals surface area contributed by atoms with Crippen molar-refractivity contribution in [1.82, 2.24) is 0 Å². The van der Waals surface area contributed by atoms with Crippen molar-refractivity contribution in [2.75, 3.05) is 6.61 Å². The van der Waals surface area contributed by atoms with E-state index < -0.39 is 12.1 Å². The maximum absolute atomic E-state index is 9.43. The van der Waals surface area contributed by atoms with Gasteiger partial charge in [-0.2, -0.15) is 0 Å². The van der Waals surface area contributed by atoms with Crippen molar-refractivity contribution in [1.29, 1.82) is 0 Å². The standard InChI is InChI=1S/C18H40N2O2.2ClH/c1-2-3-4-5-6-7-8-9-10-11-12-13-14-16(19)18(20)17(22)15-21;;/h16-18,21-22H,2-15,19-20H2,1H3;2*1H/t16-,17+,18+;;/m0../s1. The first kappa shape index (κ1) is 29.2. The molecule has 0 bridgehead atoms. The Labute approximate surface area is 162 Å². The van der Waals surface area contributed by atoms with Gasteiger partial charge in [0.25, 0.3) is 0 Å². The van der Waals surface area contributed by atoms with Crippen molar-refractivity contribution in [2.24, 2.45) is 11.5 Å². The minimum atomic E-state index is -0.896. The summed E-state index contributed by atoms with van der Waals surface area (Å²) >= 11 is 0. The van der Waals surface area contributed by atoms with Gasteiger partial charge in [0, 0.05) is 12.1 Å². The SMILES string of the molecule is CCCCCCCCCCCCCC[C@H](N)[C@@H](N)[C@H](O)CO.Cl.Cl. The molecule has 0 aliphatic heterocycles. The third kappa shape index (κ3) is 17.2. The third-order valence-electron chi connectivity index (χ3n) is 4.52. The summed E-state index contributed by atoms with van der Waals surface area (Å²) in [5, 5.41) is 18.3. The highest BCUT2D eigenvalue weighted by Gasteiger charge is 2.20. The maximum atomic E-state index is 9.43. The summed E-state index contributed by atoms with van der Waals surface area (Å²) in [6.45, 7) is 1.95.